The van der Waals surface area contributed by atoms with Crippen LogP contribution in [0.25, 0.3) is 0 Å². The van der Waals surface area contributed by atoms with Gasteiger partial charge in [0.15, 0.2) is 0 Å². The molecule has 3 rings (SSSR count). The van der Waals surface area contributed by atoms with E-state index in [4.69, 9.17) is 0 Å². The van der Waals surface area contributed by atoms with Gasteiger partial charge in [-0.2, -0.15) is 0 Å². The zero-order valence-corrected chi connectivity index (χ0v) is 11.4. The van der Waals surface area contributed by atoms with E-state index in [0.717, 1.165) is 38.5 Å². The average Bonchev–Trinajstić information content (AvgIpc) is 2.30. The molecule has 0 spiro atoms. The van der Waals surface area contributed by atoms with E-state index in [1.807, 2.05) is 0 Å². The van der Waals surface area contributed by atoms with Crippen molar-refractivity contribution in [1.82, 2.24) is 15.1 Å². The summed E-state index contributed by atoms with van der Waals surface area (Å²) in [6, 6.07) is 0.782. The van der Waals surface area contributed by atoms with E-state index in [-0.39, 0.29) is 5.60 Å². The highest BCUT2D eigenvalue weighted by Crippen LogP contribution is 2.29. The zero-order chi connectivity index (χ0) is 12.4. The minimum absolute atomic E-state index is 0.377. The molecular weight excluding hydrogens is 226 g/mol. The minimum Gasteiger partial charge on any atom is -0.389 e. The molecule has 0 amide bonds. The number of hydrogen-bond acceptors (Lipinski definition) is 4. The first-order valence-electron chi connectivity index (χ1n) is 7.65. The topological polar surface area (TPSA) is 38.7 Å². The van der Waals surface area contributed by atoms with Crippen molar-refractivity contribution in [3.63, 3.8) is 0 Å². The Morgan fingerprint density at radius 1 is 1.00 bits per heavy atom. The summed E-state index contributed by atoms with van der Waals surface area (Å²) in [4.78, 5) is 5.09. The van der Waals surface area contributed by atoms with Crippen LogP contribution in [0.4, 0.5) is 0 Å². The number of nitrogens with one attached hydrogen (secondary N) is 1. The van der Waals surface area contributed by atoms with E-state index in [1.54, 1.807) is 0 Å². The van der Waals surface area contributed by atoms with Gasteiger partial charge in [0.25, 0.3) is 0 Å². The SMILES string of the molecule is OC1(CN2CCN(C3CNC3)CC2)CCCCC1. The van der Waals surface area contributed by atoms with Crippen LogP contribution in [0.2, 0.25) is 0 Å². The maximum atomic E-state index is 10.6. The Kier molecular flexibility index (Phi) is 3.89. The Morgan fingerprint density at radius 2 is 1.67 bits per heavy atom. The van der Waals surface area contributed by atoms with E-state index >= 15 is 0 Å². The van der Waals surface area contributed by atoms with Crippen LogP contribution in [0.1, 0.15) is 32.1 Å². The number of rotatable bonds is 3. The first-order chi connectivity index (χ1) is 8.75. The molecule has 3 aliphatic rings. The molecule has 4 nitrogen and oxygen atoms in total. The Morgan fingerprint density at radius 3 is 2.22 bits per heavy atom. The van der Waals surface area contributed by atoms with Crippen molar-refractivity contribution in [2.24, 2.45) is 0 Å². The zero-order valence-electron chi connectivity index (χ0n) is 11.4. The third kappa shape index (κ3) is 2.87. The molecule has 0 unspecified atom stereocenters. The fraction of sp³-hybridized carbons (Fsp3) is 1.00. The van der Waals surface area contributed by atoms with Crippen LogP contribution in [0.3, 0.4) is 0 Å². The van der Waals surface area contributed by atoms with Gasteiger partial charge in [0.2, 0.25) is 0 Å². The van der Waals surface area contributed by atoms with Crippen LogP contribution >= 0.6 is 0 Å². The van der Waals surface area contributed by atoms with E-state index < -0.39 is 0 Å². The predicted molar refractivity (Wildman–Crippen MR) is 72.7 cm³/mol. The number of hydrogen-bond donors (Lipinski definition) is 2. The average molecular weight is 253 g/mol. The van der Waals surface area contributed by atoms with E-state index in [2.05, 4.69) is 15.1 Å². The first kappa shape index (κ1) is 12.9. The fourth-order valence-corrected chi connectivity index (χ4v) is 3.60. The van der Waals surface area contributed by atoms with Gasteiger partial charge in [-0.25, -0.2) is 0 Å². The molecule has 0 aromatic rings. The van der Waals surface area contributed by atoms with Crippen molar-refractivity contribution in [3.05, 3.63) is 0 Å². The maximum Gasteiger partial charge on any atom is 0.0774 e. The molecule has 2 aliphatic heterocycles. The van der Waals surface area contributed by atoms with Gasteiger partial charge in [-0.3, -0.25) is 9.80 Å². The van der Waals surface area contributed by atoms with Crippen molar-refractivity contribution in [2.75, 3.05) is 45.8 Å². The molecule has 0 radical (unpaired) electrons. The number of piperazine rings is 1. The van der Waals surface area contributed by atoms with Crippen LogP contribution in [-0.2, 0) is 0 Å². The highest BCUT2D eigenvalue weighted by atomic mass is 16.3. The van der Waals surface area contributed by atoms with Crippen molar-refractivity contribution in [3.8, 4) is 0 Å². The molecule has 1 aliphatic carbocycles. The van der Waals surface area contributed by atoms with Gasteiger partial charge < -0.3 is 10.4 Å². The van der Waals surface area contributed by atoms with Crippen molar-refractivity contribution in [2.45, 2.75) is 43.7 Å². The molecule has 0 aromatic carbocycles. The normalized spacial score (nSPS) is 31.2. The Balaban J connectivity index is 1.44. The van der Waals surface area contributed by atoms with Crippen LogP contribution in [-0.4, -0.2) is 72.4 Å². The summed E-state index contributed by atoms with van der Waals surface area (Å²) in [6.07, 6.45) is 5.76. The second kappa shape index (κ2) is 5.45. The Hall–Kier alpha value is -0.160. The quantitative estimate of drug-likeness (QED) is 0.757. The Bertz CT molecular complexity index is 266. The third-order valence-electron chi connectivity index (χ3n) is 4.99. The molecular formula is C14H27N3O. The van der Waals surface area contributed by atoms with Crippen LogP contribution < -0.4 is 5.32 Å². The monoisotopic (exact) mass is 253 g/mol. The molecule has 4 heteroatoms. The van der Waals surface area contributed by atoms with Gasteiger partial charge in [-0.1, -0.05) is 19.3 Å². The van der Waals surface area contributed by atoms with Crippen molar-refractivity contribution in [1.29, 1.82) is 0 Å². The predicted octanol–water partition coefficient (Wildman–Crippen LogP) is 0.271. The Labute approximate surface area is 110 Å². The highest BCUT2D eigenvalue weighted by Gasteiger charge is 2.33. The lowest BCUT2D eigenvalue weighted by atomic mass is 9.84. The molecule has 18 heavy (non-hydrogen) atoms. The molecule has 104 valence electrons. The molecule has 2 saturated heterocycles. The van der Waals surface area contributed by atoms with E-state index in [0.29, 0.717) is 0 Å². The van der Waals surface area contributed by atoms with Gasteiger partial charge >= 0.3 is 0 Å². The minimum atomic E-state index is -0.377. The van der Waals surface area contributed by atoms with Crippen LogP contribution in [0.5, 0.6) is 0 Å². The summed E-state index contributed by atoms with van der Waals surface area (Å²) < 4.78 is 0. The largest absolute Gasteiger partial charge is 0.389 e. The summed E-state index contributed by atoms with van der Waals surface area (Å²) in [5.41, 5.74) is -0.377. The molecule has 2 N–H and O–H groups in total. The lowest BCUT2D eigenvalue weighted by Gasteiger charge is -2.45. The molecule has 0 bridgehead atoms. The molecule has 1 saturated carbocycles. The third-order valence-corrected chi connectivity index (χ3v) is 4.99. The summed E-state index contributed by atoms with van der Waals surface area (Å²) in [5.74, 6) is 0. The lowest BCUT2D eigenvalue weighted by molar-refractivity contribution is -0.0399. The van der Waals surface area contributed by atoms with Gasteiger partial charge in [0.05, 0.1) is 5.60 Å². The summed E-state index contributed by atoms with van der Waals surface area (Å²) in [6.45, 7) is 7.89. The molecule has 0 atom stereocenters. The van der Waals surface area contributed by atoms with E-state index in [1.165, 1.54) is 45.4 Å². The maximum absolute atomic E-state index is 10.6. The lowest BCUT2D eigenvalue weighted by Crippen LogP contribution is -2.62. The van der Waals surface area contributed by atoms with Crippen molar-refractivity contribution < 1.29 is 5.11 Å². The van der Waals surface area contributed by atoms with E-state index in [9.17, 15) is 5.11 Å². The summed E-state index contributed by atoms with van der Waals surface area (Å²) in [5, 5.41) is 13.9. The summed E-state index contributed by atoms with van der Waals surface area (Å²) >= 11 is 0. The molecule has 0 aromatic heterocycles. The molecule has 2 heterocycles. The first-order valence-corrected chi connectivity index (χ1v) is 7.65. The van der Waals surface area contributed by atoms with Crippen LogP contribution in [0.15, 0.2) is 0 Å². The fourth-order valence-electron chi connectivity index (χ4n) is 3.60. The van der Waals surface area contributed by atoms with Gasteiger partial charge in [0, 0.05) is 51.9 Å². The second-order valence-corrected chi connectivity index (χ2v) is 6.41. The van der Waals surface area contributed by atoms with Crippen LogP contribution in [0, 0.1) is 0 Å². The number of aliphatic hydroxyl groups is 1. The molecule has 3 fully saturated rings. The summed E-state index contributed by atoms with van der Waals surface area (Å²) in [7, 11) is 0. The number of nitrogens with zero attached hydrogens (tertiary/aromatic N) is 2. The van der Waals surface area contributed by atoms with Gasteiger partial charge in [-0.15, -0.1) is 0 Å². The number of β-amino-alcohol motifs (C(OH)–C–C–N with tert-alkyl or cyclic N) is 1. The highest BCUT2D eigenvalue weighted by molar-refractivity contribution is 4.90. The second-order valence-electron chi connectivity index (χ2n) is 6.41. The smallest absolute Gasteiger partial charge is 0.0774 e. The van der Waals surface area contributed by atoms with Gasteiger partial charge in [0.1, 0.15) is 0 Å². The van der Waals surface area contributed by atoms with Crippen molar-refractivity contribution >= 4 is 0 Å². The standard InChI is InChI=1S/C14H27N3O/c18-14(4-2-1-3-5-14)12-16-6-8-17(9-7-16)13-10-15-11-13/h13,15,18H,1-12H2. The van der Waals surface area contributed by atoms with Gasteiger partial charge in [-0.05, 0) is 12.8 Å².